The van der Waals surface area contributed by atoms with Gasteiger partial charge in [0.1, 0.15) is 0 Å². The molecule has 0 aliphatic carbocycles. The summed E-state index contributed by atoms with van der Waals surface area (Å²) in [4.78, 5) is 11.2. The molecule has 0 aliphatic rings. The topological polar surface area (TPSA) is 35.5 Å². The van der Waals surface area contributed by atoms with Gasteiger partial charge >= 0.3 is 5.97 Å². The highest BCUT2D eigenvalue weighted by Gasteiger charge is 2.09. The molecule has 0 aliphatic heterocycles. The summed E-state index contributed by atoms with van der Waals surface area (Å²) in [5.41, 5.74) is 0.483. The van der Waals surface area contributed by atoms with Gasteiger partial charge in [0.05, 0.1) is 6.61 Å². The molecule has 0 radical (unpaired) electrons. The Morgan fingerprint density at radius 2 is 1.80 bits per heavy atom. The lowest BCUT2D eigenvalue weighted by Crippen LogP contribution is -2.14. The fourth-order valence-electron chi connectivity index (χ4n) is 2.24. The van der Waals surface area contributed by atoms with Gasteiger partial charge in [0.2, 0.25) is 0 Å². The van der Waals surface area contributed by atoms with Crippen molar-refractivity contribution in [2.45, 2.75) is 64.6 Å². The van der Waals surface area contributed by atoms with Crippen molar-refractivity contribution in [2.24, 2.45) is 0 Å². The Balaban J connectivity index is 3.57. The minimum absolute atomic E-state index is 0.264. The first-order valence-corrected chi connectivity index (χ1v) is 10.5. The van der Waals surface area contributed by atoms with Crippen LogP contribution in [-0.2, 0) is 14.3 Å². The van der Waals surface area contributed by atoms with Gasteiger partial charge in [0.15, 0.2) is 0 Å². The summed E-state index contributed by atoms with van der Waals surface area (Å²) in [5.74, 6) is -0.264. The molecule has 0 N–H and O–H groups in total. The molecule has 1 atom stereocenters. The summed E-state index contributed by atoms with van der Waals surface area (Å²) in [6.45, 7) is 11.9. The van der Waals surface area contributed by atoms with Crippen LogP contribution >= 0.6 is 0 Å². The number of hydrogen-bond acceptors (Lipinski definition) is 3. The van der Waals surface area contributed by atoms with Crippen LogP contribution in [0.5, 0.6) is 0 Å². The SMILES string of the molecule is C=C(C)C(=O)OCCCCC[SiH](CCC)CCOCC. The molecule has 0 fully saturated rings. The van der Waals surface area contributed by atoms with E-state index in [-0.39, 0.29) is 5.97 Å². The molecule has 0 bridgehead atoms. The number of hydrogen-bond donors (Lipinski definition) is 0. The zero-order chi connectivity index (χ0) is 15.2. The second kappa shape index (κ2) is 13.4. The molecule has 0 amide bonds. The summed E-state index contributed by atoms with van der Waals surface area (Å²) in [6, 6.07) is 4.14. The van der Waals surface area contributed by atoms with E-state index in [2.05, 4.69) is 20.4 Å². The highest BCUT2D eigenvalue weighted by molar-refractivity contribution is 6.58. The van der Waals surface area contributed by atoms with Gasteiger partial charge in [-0.2, -0.15) is 0 Å². The molecule has 0 aromatic rings. The summed E-state index contributed by atoms with van der Waals surface area (Å²) in [6.07, 6.45) is 4.70. The van der Waals surface area contributed by atoms with Crippen molar-refractivity contribution in [3.8, 4) is 0 Å². The fourth-order valence-corrected chi connectivity index (χ4v) is 5.28. The number of esters is 1. The Hall–Kier alpha value is -0.613. The predicted molar refractivity (Wildman–Crippen MR) is 88.0 cm³/mol. The fraction of sp³-hybridized carbons (Fsp3) is 0.812. The van der Waals surface area contributed by atoms with Gasteiger partial charge in [-0.1, -0.05) is 44.9 Å². The van der Waals surface area contributed by atoms with Crippen LogP contribution in [0, 0.1) is 0 Å². The zero-order valence-electron chi connectivity index (χ0n) is 13.6. The van der Waals surface area contributed by atoms with Crippen molar-refractivity contribution < 1.29 is 14.3 Å². The minimum atomic E-state index is -0.600. The van der Waals surface area contributed by atoms with E-state index in [0.717, 1.165) is 26.1 Å². The van der Waals surface area contributed by atoms with Crippen molar-refractivity contribution in [3.63, 3.8) is 0 Å². The summed E-state index contributed by atoms with van der Waals surface area (Å²) >= 11 is 0. The van der Waals surface area contributed by atoms with Crippen molar-refractivity contribution >= 4 is 14.8 Å². The third-order valence-electron chi connectivity index (χ3n) is 3.41. The lowest BCUT2D eigenvalue weighted by molar-refractivity contribution is -0.139. The van der Waals surface area contributed by atoms with Gasteiger partial charge in [0, 0.05) is 27.6 Å². The van der Waals surface area contributed by atoms with Crippen molar-refractivity contribution in [1.82, 2.24) is 0 Å². The highest BCUT2D eigenvalue weighted by Crippen LogP contribution is 2.13. The third-order valence-corrected chi connectivity index (χ3v) is 7.08. The van der Waals surface area contributed by atoms with E-state index in [0.29, 0.717) is 12.2 Å². The molecule has 0 saturated carbocycles. The first-order chi connectivity index (χ1) is 9.61. The van der Waals surface area contributed by atoms with Gasteiger partial charge in [-0.05, 0) is 26.3 Å². The second-order valence-corrected chi connectivity index (χ2v) is 8.87. The number of ether oxygens (including phenoxy) is 2. The molecule has 0 spiro atoms. The summed E-state index contributed by atoms with van der Waals surface area (Å²) in [5, 5.41) is 0. The van der Waals surface area contributed by atoms with Crippen LogP contribution in [0.25, 0.3) is 0 Å². The van der Waals surface area contributed by atoms with Crippen LogP contribution in [0.4, 0.5) is 0 Å². The molecule has 20 heavy (non-hydrogen) atoms. The molecule has 1 unspecified atom stereocenters. The van der Waals surface area contributed by atoms with E-state index >= 15 is 0 Å². The van der Waals surface area contributed by atoms with Crippen LogP contribution in [0.15, 0.2) is 12.2 Å². The summed E-state index contributed by atoms with van der Waals surface area (Å²) < 4.78 is 10.6. The van der Waals surface area contributed by atoms with E-state index in [4.69, 9.17) is 9.47 Å². The lowest BCUT2D eigenvalue weighted by atomic mass is 10.3. The van der Waals surface area contributed by atoms with E-state index < -0.39 is 8.80 Å². The monoisotopic (exact) mass is 300 g/mol. The predicted octanol–water partition coefficient (Wildman–Crippen LogP) is 3.95. The van der Waals surface area contributed by atoms with Gasteiger partial charge in [0.25, 0.3) is 0 Å². The van der Waals surface area contributed by atoms with Crippen molar-refractivity contribution in [2.75, 3.05) is 19.8 Å². The second-order valence-electron chi connectivity index (χ2n) is 5.41. The smallest absolute Gasteiger partial charge is 0.333 e. The average molecular weight is 301 g/mol. The Bertz CT molecular complexity index is 266. The molecule has 0 aromatic carbocycles. The van der Waals surface area contributed by atoms with E-state index in [1.807, 2.05) is 0 Å². The number of unbranched alkanes of at least 4 members (excludes halogenated alkanes) is 2. The van der Waals surface area contributed by atoms with E-state index in [1.165, 1.54) is 31.0 Å². The van der Waals surface area contributed by atoms with Crippen molar-refractivity contribution in [1.29, 1.82) is 0 Å². The number of carbonyl (C=O) groups is 1. The van der Waals surface area contributed by atoms with Gasteiger partial charge in [-0.25, -0.2) is 4.79 Å². The molecule has 0 aromatic heterocycles. The van der Waals surface area contributed by atoms with Crippen LogP contribution in [-0.4, -0.2) is 34.6 Å². The summed E-state index contributed by atoms with van der Waals surface area (Å²) in [7, 11) is -0.600. The number of rotatable bonds is 13. The maximum atomic E-state index is 11.2. The third kappa shape index (κ3) is 11.2. The van der Waals surface area contributed by atoms with Gasteiger partial charge < -0.3 is 9.47 Å². The van der Waals surface area contributed by atoms with Crippen LogP contribution in [0.2, 0.25) is 18.1 Å². The lowest BCUT2D eigenvalue weighted by Gasteiger charge is -2.14. The van der Waals surface area contributed by atoms with E-state index in [1.54, 1.807) is 6.92 Å². The largest absolute Gasteiger partial charge is 0.462 e. The number of carbonyl (C=O) groups excluding carboxylic acids is 1. The Morgan fingerprint density at radius 3 is 2.40 bits per heavy atom. The Labute approximate surface area is 126 Å². The first kappa shape index (κ1) is 19.4. The van der Waals surface area contributed by atoms with Gasteiger partial charge in [-0.15, -0.1) is 0 Å². The molecular formula is C16H32O3Si. The normalized spacial score (nSPS) is 12.2. The minimum Gasteiger partial charge on any atom is -0.462 e. The first-order valence-electron chi connectivity index (χ1n) is 8.02. The van der Waals surface area contributed by atoms with Crippen LogP contribution in [0.3, 0.4) is 0 Å². The molecule has 4 heteroatoms. The zero-order valence-corrected chi connectivity index (χ0v) is 14.7. The molecule has 0 heterocycles. The average Bonchev–Trinajstić information content (AvgIpc) is 2.42. The molecule has 118 valence electrons. The van der Waals surface area contributed by atoms with Crippen LogP contribution in [0.1, 0.15) is 46.5 Å². The Morgan fingerprint density at radius 1 is 1.05 bits per heavy atom. The maximum Gasteiger partial charge on any atom is 0.333 e. The molecular weight excluding hydrogens is 268 g/mol. The molecule has 3 nitrogen and oxygen atoms in total. The van der Waals surface area contributed by atoms with Gasteiger partial charge in [-0.3, -0.25) is 0 Å². The molecule has 0 saturated heterocycles. The van der Waals surface area contributed by atoms with Crippen LogP contribution < -0.4 is 0 Å². The maximum absolute atomic E-state index is 11.2. The highest BCUT2D eigenvalue weighted by atomic mass is 28.3. The van der Waals surface area contributed by atoms with E-state index in [9.17, 15) is 4.79 Å². The molecule has 0 rings (SSSR count). The Kier molecular flexibility index (Phi) is 13.0. The quantitative estimate of drug-likeness (QED) is 0.224. The van der Waals surface area contributed by atoms with Crippen molar-refractivity contribution in [3.05, 3.63) is 12.2 Å². The standard InChI is InChI=1S/C16H32O3Si/c1-5-12-20(14-11-18-6-2)13-9-7-8-10-19-16(17)15(3)4/h20H,3,5-14H2,1-2,4H3.